The highest BCUT2D eigenvalue weighted by Crippen LogP contribution is 2.30. The molecule has 1 aliphatic carbocycles. The van der Waals surface area contributed by atoms with Crippen LogP contribution in [0.4, 0.5) is 0 Å². The number of methoxy groups -OCH3 is 1. The van der Waals surface area contributed by atoms with Gasteiger partial charge in [-0.2, -0.15) is 0 Å². The monoisotopic (exact) mass is 194 g/mol. The van der Waals surface area contributed by atoms with Crippen molar-refractivity contribution in [2.75, 3.05) is 7.11 Å². The number of hydrogen-bond donors (Lipinski definition) is 0. The van der Waals surface area contributed by atoms with Gasteiger partial charge in [0.05, 0.1) is 0 Å². The summed E-state index contributed by atoms with van der Waals surface area (Å²) in [4.78, 5) is 0. The van der Waals surface area contributed by atoms with Crippen LogP contribution in [0.5, 0.6) is 0 Å². The van der Waals surface area contributed by atoms with Crippen molar-refractivity contribution in [3.05, 3.63) is 0 Å². The van der Waals surface area contributed by atoms with Crippen LogP contribution in [0.15, 0.2) is 0 Å². The van der Waals surface area contributed by atoms with Crippen LogP contribution in [0.3, 0.4) is 0 Å². The van der Waals surface area contributed by atoms with Gasteiger partial charge in [-0.25, -0.2) is 0 Å². The summed E-state index contributed by atoms with van der Waals surface area (Å²) in [6.07, 6.45) is 9.63. The Morgan fingerprint density at radius 1 is 1.21 bits per heavy atom. The molecule has 14 heavy (non-hydrogen) atoms. The normalized spacial score (nSPS) is 19.9. The zero-order valence-electron chi connectivity index (χ0n) is 9.57. The van der Waals surface area contributed by atoms with E-state index in [4.69, 9.17) is 4.74 Å². The van der Waals surface area contributed by atoms with Crippen LogP contribution in [0.25, 0.3) is 0 Å². The molecular formula is C13H22O. The molecule has 0 N–H and O–H groups in total. The predicted octanol–water partition coefficient (Wildman–Crippen LogP) is 3.53. The molecule has 1 heteroatoms. The highest BCUT2D eigenvalue weighted by Gasteiger charge is 2.29. The molecule has 1 nitrogen and oxygen atoms in total. The molecule has 1 rings (SSSR count). The maximum Gasteiger partial charge on any atom is 0.128 e. The largest absolute Gasteiger partial charge is 0.366 e. The van der Waals surface area contributed by atoms with Gasteiger partial charge in [-0.3, -0.25) is 0 Å². The summed E-state index contributed by atoms with van der Waals surface area (Å²) in [6, 6.07) is 0. The van der Waals surface area contributed by atoms with Crippen molar-refractivity contribution in [1.82, 2.24) is 0 Å². The fourth-order valence-corrected chi connectivity index (χ4v) is 1.99. The molecule has 0 aliphatic heterocycles. The molecule has 80 valence electrons. The van der Waals surface area contributed by atoms with Crippen molar-refractivity contribution in [1.29, 1.82) is 0 Å². The van der Waals surface area contributed by atoms with E-state index >= 15 is 0 Å². The molecule has 0 heterocycles. The highest BCUT2D eigenvalue weighted by atomic mass is 16.5. The lowest BCUT2D eigenvalue weighted by Crippen LogP contribution is -2.32. The van der Waals surface area contributed by atoms with E-state index in [0.717, 1.165) is 19.3 Å². The third kappa shape index (κ3) is 3.35. The average molecular weight is 194 g/mol. The van der Waals surface area contributed by atoms with Gasteiger partial charge in [0, 0.05) is 13.5 Å². The zero-order chi connectivity index (χ0) is 10.3. The second kappa shape index (κ2) is 6.09. The van der Waals surface area contributed by atoms with E-state index in [1.54, 1.807) is 7.11 Å². The first-order valence-electron chi connectivity index (χ1n) is 5.88. The number of ether oxygens (including phenoxy) is 1. The molecule has 0 radical (unpaired) electrons. The van der Waals surface area contributed by atoms with Gasteiger partial charge in [-0.1, -0.05) is 25.7 Å². The first-order chi connectivity index (χ1) is 6.83. The SMILES string of the molecule is CCCCC#CC1(OC)CCCCC1. The van der Waals surface area contributed by atoms with Crippen LogP contribution >= 0.6 is 0 Å². The Hall–Kier alpha value is -0.480. The summed E-state index contributed by atoms with van der Waals surface area (Å²) >= 11 is 0. The van der Waals surface area contributed by atoms with Gasteiger partial charge in [0.25, 0.3) is 0 Å². The summed E-state index contributed by atoms with van der Waals surface area (Å²) in [5.74, 6) is 6.62. The van der Waals surface area contributed by atoms with Gasteiger partial charge in [0.1, 0.15) is 5.60 Å². The quantitative estimate of drug-likeness (QED) is 0.493. The van der Waals surface area contributed by atoms with Crippen LogP contribution in [0.2, 0.25) is 0 Å². The second-order valence-corrected chi connectivity index (χ2v) is 4.16. The molecule has 0 aromatic heterocycles. The molecule has 0 atom stereocenters. The fourth-order valence-electron chi connectivity index (χ4n) is 1.99. The minimum absolute atomic E-state index is 0.0913. The second-order valence-electron chi connectivity index (χ2n) is 4.16. The van der Waals surface area contributed by atoms with Crippen LogP contribution < -0.4 is 0 Å². The van der Waals surface area contributed by atoms with Crippen molar-refractivity contribution < 1.29 is 4.74 Å². The fraction of sp³-hybridized carbons (Fsp3) is 0.846. The standard InChI is InChI=1S/C13H22O/c1-3-4-5-7-10-13(14-2)11-8-6-9-12-13/h3-6,8-9,11-12H2,1-2H3. The first-order valence-corrected chi connectivity index (χ1v) is 5.88. The van der Waals surface area contributed by atoms with Gasteiger partial charge in [0.2, 0.25) is 0 Å². The molecule has 1 saturated carbocycles. The van der Waals surface area contributed by atoms with Crippen molar-refractivity contribution in [3.63, 3.8) is 0 Å². The molecule has 0 saturated heterocycles. The minimum atomic E-state index is -0.0913. The van der Waals surface area contributed by atoms with E-state index in [1.165, 1.54) is 32.1 Å². The molecule has 1 aliphatic rings. The van der Waals surface area contributed by atoms with Crippen molar-refractivity contribution in [2.45, 2.75) is 63.9 Å². The predicted molar refractivity (Wildman–Crippen MR) is 60.1 cm³/mol. The van der Waals surface area contributed by atoms with Crippen molar-refractivity contribution >= 4 is 0 Å². The third-order valence-electron chi connectivity index (χ3n) is 3.02. The Morgan fingerprint density at radius 2 is 1.93 bits per heavy atom. The number of unbranched alkanes of at least 4 members (excludes halogenated alkanes) is 2. The summed E-state index contributed by atoms with van der Waals surface area (Å²) in [5.41, 5.74) is -0.0913. The Kier molecular flexibility index (Phi) is 5.04. The molecule has 0 aromatic rings. The lowest BCUT2D eigenvalue weighted by atomic mass is 9.85. The lowest BCUT2D eigenvalue weighted by molar-refractivity contribution is 0.0104. The zero-order valence-corrected chi connectivity index (χ0v) is 9.57. The summed E-state index contributed by atoms with van der Waals surface area (Å²) in [6.45, 7) is 2.20. The van der Waals surface area contributed by atoms with Gasteiger partial charge in [-0.05, 0) is 32.1 Å². The van der Waals surface area contributed by atoms with Crippen LogP contribution in [-0.4, -0.2) is 12.7 Å². The average Bonchev–Trinajstić information content (AvgIpc) is 2.26. The minimum Gasteiger partial charge on any atom is -0.366 e. The van der Waals surface area contributed by atoms with Gasteiger partial charge < -0.3 is 4.74 Å². The summed E-state index contributed by atoms with van der Waals surface area (Å²) < 4.78 is 5.59. The van der Waals surface area contributed by atoms with Crippen LogP contribution in [0, 0.1) is 11.8 Å². The van der Waals surface area contributed by atoms with E-state index in [9.17, 15) is 0 Å². The smallest absolute Gasteiger partial charge is 0.128 e. The van der Waals surface area contributed by atoms with E-state index in [-0.39, 0.29) is 5.60 Å². The Bertz CT molecular complexity index is 203. The number of hydrogen-bond acceptors (Lipinski definition) is 1. The Labute approximate surface area is 88.2 Å². The Balaban J connectivity index is 2.45. The highest BCUT2D eigenvalue weighted by molar-refractivity contribution is 5.15. The lowest BCUT2D eigenvalue weighted by Gasteiger charge is -2.30. The van der Waals surface area contributed by atoms with Crippen LogP contribution in [0.1, 0.15) is 58.3 Å². The van der Waals surface area contributed by atoms with E-state index in [0.29, 0.717) is 0 Å². The van der Waals surface area contributed by atoms with Crippen LogP contribution in [-0.2, 0) is 4.74 Å². The molecule has 0 unspecified atom stereocenters. The number of rotatable bonds is 3. The molecular weight excluding hydrogens is 172 g/mol. The molecule has 0 amide bonds. The molecule has 0 aromatic carbocycles. The van der Waals surface area contributed by atoms with Gasteiger partial charge in [0.15, 0.2) is 0 Å². The molecule has 1 fully saturated rings. The maximum absolute atomic E-state index is 5.59. The molecule has 0 bridgehead atoms. The van der Waals surface area contributed by atoms with Gasteiger partial charge >= 0.3 is 0 Å². The van der Waals surface area contributed by atoms with E-state index in [1.807, 2.05) is 0 Å². The van der Waals surface area contributed by atoms with E-state index in [2.05, 4.69) is 18.8 Å². The topological polar surface area (TPSA) is 9.23 Å². The maximum atomic E-state index is 5.59. The molecule has 0 spiro atoms. The van der Waals surface area contributed by atoms with Crippen molar-refractivity contribution in [3.8, 4) is 11.8 Å². The Morgan fingerprint density at radius 3 is 2.50 bits per heavy atom. The summed E-state index contributed by atoms with van der Waals surface area (Å²) in [7, 11) is 1.81. The van der Waals surface area contributed by atoms with E-state index < -0.39 is 0 Å². The first kappa shape index (κ1) is 11.6. The van der Waals surface area contributed by atoms with Gasteiger partial charge in [-0.15, -0.1) is 5.92 Å². The third-order valence-corrected chi connectivity index (χ3v) is 3.02. The summed E-state index contributed by atoms with van der Waals surface area (Å²) in [5, 5.41) is 0. The van der Waals surface area contributed by atoms with Crippen molar-refractivity contribution in [2.24, 2.45) is 0 Å².